The van der Waals surface area contributed by atoms with Crippen LogP contribution in [0.15, 0.2) is 30.3 Å². The Bertz CT molecular complexity index is 430. The third kappa shape index (κ3) is 3.58. The molecule has 0 aliphatic heterocycles. The van der Waals surface area contributed by atoms with E-state index < -0.39 is 0 Å². The fourth-order valence-corrected chi connectivity index (χ4v) is 1.74. The van der Waals surface area contributed by atoms with Gasteiger partial charge in [-0.05, 0) is 17.9 Å². The molecule has 1 saturated carbocycles. The largest absolute Gasteiger partial charge is 0.455 e. The molecule has 0 aromatic heterocycles. The van der Waals surface area contributed by atoms with Crippen LogP contribution in [0.4, 0.5) is 0 Å². The number of ether oxygens (including phenoxy) is 1. The highest BCUT2D eigenvalue weighted by Crippen LogP contribution is 2.38. The molecule has 1 amide bonds. The van der Waals surface area contributed by atoms with Crippen molar-refractivity contribution in [3.05, 3.63) is 35.9 Å². The quantitative estimate of drug-likeness (QED) is 0.802. The molecule has 0 bridgehead atoms. The summed E-state index contributed by atoms with van der Waals surface area (Å²) in [4.78, 5) is 22.8. The van der Waals surface area contributed by atoms with Gasteiger partial charge in [-0.3, -0.25) is 9.59 Å². The van der Waals surface area contributed by atoms with Crippen molar-refractivity contribution in [3.8, 4) is 0 Å². The van der Waals surface area contributed by atoms with Crippen LogP contribution in [0.5, 0.6) is 0 Å². The van der Waals surface area contributed by atoms with Gasteiger partial charge in [0.05, 0.1) is 5.92 Å². The molecule has 1 fully saturated rings. The summed E-state index contributed by atoms with van der Waals surface area (Å²) in [6.07, 6.45) is 0.879. The van der Waals surface area contributed by atoms with E-state index in [2.05, 4.69) is 5.32 Å². The predicted molar refractivity (Wildman–Crippen MR) is 66.5 cm³/mol. The number of hydrogen-bond donors (Lipinski definition) is 1. The van der Waals surface area contributed by atoms with Gasteiger partial charge in [-0.25, -0.2) is 0 Å². The summed E-state index contributed by atoms with van der Waals surface area (Å²) in [5.41, 5.74) is 1.02. The fraction of sp³-hybridized carbons (Fsp3) is 0.429. The van der Waals surface area contributed by atoms with Gasteiger partial charge in [0.2, 0.25) is 0 Å². The molecule has 2 atom stereocenters. The predicted octanol–water partition coefficient (Wildman–Crippen LogP) is 1.50. The molecule has 0 saturated heterocycles. The monoisotopic (exact) mass is 247 g/mol. The topological polar surface area (TPSA) is 55.4 Å². The highest BCUT2D eigenvalue weighted by molar-refractivity contribution is 5.82. The summed E-state index contributed by atoms with van der Waals surface area (Å²) in [5.74, 6) is -0.102. The number of carbonyl (C=O) groups excluding carboxylic acids is 2. The molecule has 4 nitrogen and oxygen atoms in total. The van der Waals surface area contributed by atoms with Crippen molar-refractivity contribution in [1.29, 1.82) is 0 Å². The Hall–Kier alpha value is -1.84. The van der Waals surface area contributed by atoms with Crippen LogP contribution < -0.4 is 5.32 Å². The Morgan fingerprint density at radius 2 is 2.00 bits per heavy atom. The summed E-state index contributed by atoms with van der Waals surface area (Å²) in [5, 5.41) is 2.71. The Kier molecular flexibility index (Phi) is 3.97. The van der Waals surface area contributed by atoms with Crippen LogP contribution in [-0.4, -0.2) is 18.5 Å². The third-order valence-electron chi connectivity index (χ3n) is 3.09. The number of nitrogens with one attached hydrogen (secondary N) is 1. The van der Waals surface area contributed by atoms with E-state index in [9.17, 15) is 9.59 Å². The van der Waals surface area contributed by atoms with Gasteiger partial charge in [-0.15, -0.1) is 0 Å². The average molecular weight is 247 g/mol. The van der Waals surface area contributed by atoms with Gasteiger partial charge in [0, 0.05) is 6.54 Å². The summed E-state index contributed by atoms with van der Waals surface area (Å²) in [6, 6.07) is 9.60. The molecule has 1 aromatic carbocycles. The first-order chi connectivity index (χ1) is 8.66. The molecule has 4 heteroatoms. The average Bonchev–Trinajstić information content (AvgIpc) is 3.12. The molecule has 96 valence electrons. The molecule has 1 aliphatic carbocycles. The van der Waals surface area contributed by atoms with Gasteiger partial charge in [-0.1, -0.05) is 37.3 Å². The Morgan fingerprint density at radius 1 is 1.33 bits per heavy atom. The number of esters is 1. The van der Waals surface area contributed by atoms with E-state index in [4.69, 9.17) is 4.74 Å². The second-order valence-electron chi connectivity index (χ2n) is 4.69. The minimum absolute atomic E-state index is 0.00641. The third-order valence-corrected chi connectivity index (χ3v) is 3.09. The second kappa shape index (κ2) is 5.67. The first kappa shape index (κ1) is 12.6. The Labute approximate surface area is 106 Å². The molecule has 1 N–H and O–H groups in total. The van der Waals surface area contributed by atoms with Gasteiger partial charge in [-0.2, -0.15) is 0 Å². The molecule has 2 rings (SSSR count). The number of rotatable bonds is 5. The lowest BCUT2D eigenvalue weighted by Crippen LogP contribution is -2.28. The summed E-state index contributed by atoms with van der Waals surface area (Å²) in [6.45, 7) is 2.27. The molecule has 18 heavy (non-hydrogen) atoms. The molecule has 0 unspecified atom stereocenters. The van der Waals surface area contributed by atoms with Gasteiger partial charge in [0.25, 0.3) is 5.91 Å². The van der Waals surface area contributed by atoms with Crippen LogP contribution in [0.2, 0.25) is 0 Å². The lowest BCUT2D eigenvalue weighted by atomic mass is 10.2. The summed E-state index contributed by atoms with van der Waals surface area (Å²) in [7, 11) is 0. The van der Waals surface area contributed by atoms with Crippen molar-refractivity contribution in [2.45, 2.75) is 19.9 Å². The van der Waals surface area contributed by atoms with Crippen molar-refractivity contribution in [1.82, 2.24) is 5.32 Å². The van der Waals surface area contributed by atoms with E-state index in [1.54, 1.807) is 0 Å². The molecule has 1 aromatic rings. The lowest BCUT2D eigenvalue weighted by molar-refractivity contribution is -0.150. The SMILES string of the molecule is C[C@@H]1C[C@H]1C(=O)OCC(=O)NCc1ccccc1. The first-order valence-electron chi connectivity index (χ1n) is 6.14. The van der Waals surface area contributed by atoms with Gasteiger partial charge in [0.15, 0.2) is 6.61 Å². The van der Waals surface area contributed by atoms with Crippen molar-refractivity contribution in [2.75, 3.05) is 6.61 Å². The maximum Gasteiger partial charge on any atom is 0.309 e. The van der Waals surface area contributed by atoms with E-state index in [1.807, 2.05) is 37.3 Å². The van der Waals surface area contributed by atoms with E-state index >= 15 is 0 Å². The zero-order chi connectivity index (χ0) is 13.0. The molecule has 0 radical (unpaired) electrons. The van der Waals surface area contributed by atoms with Gasteiger partial charge < -0.3 is 10.1 Å². The minimum atomic E-state index is -0.263. The van der Waals surface area contributed by atoms with E-state index in [0.717, 1.165) is 12.0 Å². The second-order valence-corrected chi connectivity index (χ2v) is 4.69. The molecular formula is C14H17NO3. The smallest absolute Gasteiger partial charge is 0.309 e. The number of carbonyl (C=O) groups is 2. The van der Waals surface area contributed by atoms with Crippen molar-refractivity contribution < 1.29 is 14.3 Å². The fourth-order valence-electron chi connectivity index (χ4n) is 1.74. The number of amides is 1. The van der Waals surface area contributed by atoms with Gasteiger partial charge in [0.1, 0.15) is 0 Å². The Morgan fingerprint density at radius 3 is 2.61 bits per heavy atom. The van der Waals surface area contributed by atoms with E-state index in [1.165, 1.54) is 0 Å². The van der Waals surface area contributed by atoms with E-state index in [-0.39, 0.29) is 24.4 Å². The standard InChI is InChI=1S/C14H17NO3/c1-10-7-12(10)14(17)18-9-13(16)15-8-11-5-3-2-4-6-11/h2-6,10,12H,7-9H2,1H3,(H,15,16)/t10-,12-/m1/s1. The van der Waals surface area contributed by atoms with Crippen LogP contribution >= 0.6 is 0 Å². The van der Waals surface area contributed by atoms with Crippen LogP contribution in [0, 0.1) is 11.8 Å². The highest BCUT2D eigenvalue weighted by atomic mass is 16.5. The van der Waals surface area contributed by atoms with Crippen molar-refractivity contribution in [3.63, 3.8) is 0 Å². The number of benzene rings is 1. The van der Waals surface area contributed by atoms with Crippen LogP contribution in [0.25, 0.3) is 0 Å². The summed E-state index contributed by atoms with van der Waals surface area (Å²) >= 11 is 0. The van der Waals surface area contributed by atoms with Crippen LogP contribution in [0.3, 0.4) is 0 Å². The summed E-state index contributed by atoms with van der Waals surface area (Å²) < 4.78 is 4.94. The van der Waals surface area contributed by atoms with Gasteiger partial charge >= 0.3 is 5.97 Å². The molecule has 0 spiro atoms. The zero-order valence-electron chi connectivity index (χ0n) is 10.4. The normalized spacial score (nSPS) is 21.2. The van der Waals surface area contributed by atoms with Crippen molar-refractivity contribution in [2.24, 2.45) is 11.8 Å². The maximum absolute atomic E-state index is 11.5. The van der Waals surface area contributed by atoms with Crippen LogP contribution in [0.1, 0.15) is 18.9 Å². The molecule has 1 aliphatic rings. The zero-order valence-corrected chi connectivity index (χ0v) is 10.4. The lowest BCUT2D eigenvalue weighted by Gasteiger charge is -2.06. The van der Waals surface area contributed by atoms with E-state index in [0.29, 0.717) is 12.5 Å². The van der Waals surface area contributed by atoms with Crippen LogP contribution in [-0.2, 0) is 20.9 Å². The highest BCUT2D eigenvalue weighted by Gasteiger charge is 2.40. The van der Waals surface area contributed by atoms with Crippen molar-refractivity contribution >= 4 is 11.9 Å². The maximum atomic E-state index is 11.5. The minimum Gasteiger partial charge on any atom is -0.455 e. The first-order valence-corrected chi connectivity index (χ1v) is 6.14. The number of hydrogen-bond acceptors (Lipinski definition) is 3. The molecular weight excluding hydrogens is 230 g/mol. The Balaban J connectivity index is 1.65. The molecule has 0 heterocycles.